The van der Waals surface area contributed by atoms with Gasteiger partial charge in [-0.15, -0.1) is 0 Å². The van der Waals surface area contributed by atoms with Crippen molar-refractivity contribution in [2.24, 2.45) is 10.1 Å². The molecular formula is C26H29Cl2N5O2. The average molecular weight is 514 g/mol. The number of pyridine rings is 1. The molecule has 35 heavy (non-hydrogen) atoms. The van der Waals surface area contributed by atoms with Crippen molar-refractivity contribution in [1.82, 2.24) is 14.9 Å². The van der Waals surface area contributed by atoms with Crippen LogP contribution in [-0.4, -0.2) is 51.2 Å². The summed E-state index contributed by atoms with van der Waals surface area (Å²) >= 11 is 12.5. The Morgan fingerprint density at radius 3 is 2.66 bits per heavy atom. The number of allylic oxidation sites excluding steroid dienone is 4. The smallest absolute Gasteiger partial charge is 0.355 e. The molecule has 1 atom stereocenters. The molecule has 2 aliphatic carbocycles. The number of rotatable bonds is 3. The number of nitrogens with zero attached hydrogens (tertiary/aromatic N) is 5. The second-order valence-electron chi connectivity index (χ2n) is 10.3. The Kier molecular flexibility index (Phi) is 6.49. The molecule has 0 spiro atoms. The molecule has 0 bridgehead atoms. The number of fused-ring (bicyclic) bond motifs is 2. The van der Waals surface area contributed by atoms with Crippen molar-refractivity contribution in [2.45, 2.75) is 76.6 Å². The Hall–Kier alpha value is -2.64. The monoisotopic (exact) mass is 513 g/mol. The molecule has 2 aliphatic heterocycles. The van der Waals surface area contributed by atoms with E-state index in [-0.39, 0.29) is 18.2 Å². The van der Waals surface area contributed by atoms with Crippen LogP contribution in [0.4, 0.5) is 0 Å². The summed E-state index contributed by atoms with van der Waals surface area (Å²) in [6.45, 7) is 5.60. The van der Waals surface area contributed by atoms with Crippen LogP contribution in [0.25, 0.3) is 0 Å². The van der Waals surface area contributed by atoms with E-state index in [1.54, 1.807) is 18.6 Å². The molecule has 9 heteroatoms. The highest BCUT2D eigenvalue weighted by atomic mass is 35.5. The van der Waals surface area contributed by atoms with Gasteiger partial charge >= 0.3 is 5.97 Å². The summed E-state index contributed by atoms with van der Waals surface area (Å²) < 4.78 is 5.80. The normalized spacial score (nSPS) is 26.1. The van der Waals surface area contributed by atoms with Gasteiger partial charge in [0.25, 0.3) is 0 Å². The van der Waals surface area contributed by atoms with Crippen molar-refractivity contribution < 1.29 is 9.53 Å². The fraction of sp³-hybridized carbons (Fsp3) is 0.462. The van der Waals surface area contributed by atoms with Crippen molar-refractivity contribution in [1.29, 1.82) is 0 Å². The Bertz CT molecular complexity index is 1170. The third-order valence-electron chi connectivity index (χ3n) is 6.67. The molecule has 1 fully saturated rings. The van der Waals surface area contributed by atoms with E-state index in [2.05, 4.69) is 9.99 Å². The molecule has 0 amide bonds. The number of hydrogen-bond donors (Lipinski definition) is 0. The quantitative estimate of drug-likeness (QED) is 0.482. The van der Waals surface area contributed by atoms with Crippen LogP contribution in [-0.2, 0) is 9.53 Å². The third kappa shape index (κ3) is 5.02. The van der Waals surface area contributed by atoms with Crippen molar-refractivity contribution in [3.8, 4) is 0 Å². The van der Waals surface area contributed by atoms with Crippen LogP contribution in [0.5, 0.6) is 0 Å². The van der Waals surface area contributed by atoms with Gasteiger partial charge < -0.3 is 4.74 Å². The first-order valence-electron chi connectivity index (χ1n) is 12.0. The number of carbonyl (C=O) groups is 1. The minimum Gasteiger partial charge on any atom is -0.455 e. The maximum Gasteiger partial charge on any atom is 0.355 e. The molecule has 1 unspecified atom stereocenters. The van der Waals surface area contributed by atoms with Gasteiger partial charge in [-0.1, -0.05) is 29.3 Å². The molecule has 3 heterocycles. The van der Waals surface area contributed by atoms with Crippen LogP contribution >= 0.6 is 23.2 Å². The molecule has 1 saturated carbocycles. The summed E-state index contributed by atoms with van der Waals surface area (Å²) in [5.74, 6) is 0.000446. The molecule has 5 rings (SSSR count). The van der Waals surface area contributed by atoms with E-state index in [1.807, 2.05) is 50.1 Å². The van der Waals surface area contributed by atoms with Gasteiger partial charge in [0.15, 0.2) is 6.17 Å². The number of halogens is 2. The molecule has 1 aromatic rings. The predicted octanol–water partition coefficient (Wildman–Crippen LogP) is 5.74. The Balaban J connectivity index is 1.39. The zero-order valence-corrected chi connectivity index (χ0v) is 21.6. The van der Waals surface area contributed by atoms with Gasteiger partial charge in [-0.2, -0.15) is 5.10 Å². The van der Waals surface area contributed by atoms with Crippen LogP contribution in [0.2, 0.25) is 5.02 Å². The van der Waals surface area contributed by atoms with Crippen LogP contribution in [0.3, 0.4) is 0 Å². The maximum absolute atomic E-state index is 13.4. The van der Waals surface area contributed by atoms with Crippen molar-refractivity contribution in [3.05, 3.63) is 63.2 Å². The van der Waals surface area contributed by atoms with E-state index in [4.69, 9.17) is 38.0 Å². The summed E-state index contributed by atoms with van der Waals surface area (Å²) in [7, 11) is 0. The lowest BCUT2D eigenvalue weighted by Gasteiger charge is -2.37. The van der Waals surface area contributed by atoms with Gasteiger partial charge in [0.05, 0.1) is 5.70 Å². The average Bonchev–Trinajstić information content (AvgIpc) is 3.14. The minimum absolute atomic E-state index is 0.226. The largest absolute Gasteiger partial charge is 0.455 e. The van der Waals surface area contributed by atoms with Gasteiger partial charge in [0, 0.05) is 45.7 Å². The Morgan fingerprint density at radius 2 is 1.94 bits per heavy atom. The van der Waals surface area contributed by atoms with Gasteiger partial charge in [-0.3, -0.25) is 19.9 Å². The number of hydrazone groups is 1. The molecule has 7 nitrogen and oxygen atoms in total. The highest BCUT2D eigenvalue weighted by Crippen LogP contribution is 2.39. The van der Waals surface area contributed by atoms with Gasteiger partial charge in [-0.05, 0) is 71.1 Å². The van der Waals surface area contributed by atoms with Crippen LogP contribution < -0.4 is 0 Å². The third-order valence-corrected chi connectivity index (χ3v) is 7.16. The van der Waals surface area contributed by atoms with Crippen LogP contribution in [0.1, 0.15) is 64.5 Å². The molecule has 0 N–H and O–H groups in total. The summed E-state index contributed by atoms with van der Waals surface area (Å²) in [5, 5.41) is 8.15. The van der Waals surface area contributed by atoms with E-state index in [0.29, 0.717) is 28.8 Å². The van der Waals surface area contributed by atoms with Gasteiger partial charge in [0.2, 0.25) is 0 Å². The maximum atomic E-state index is 13.4. The number of carbonyl (C=O) groups excluding carboxylic acids is 1. The number of aromatic nitrogens is 1. The summed E-state index contributed by atoms with van der Waals surface area (Å²) in [6, 6.07) is 4.00. The molecule has 184 valence electrons. The van der Waals surface area contributed by atoms with E-state index >= 15 is 0 Å². The number of hydrogen-bond acceptors (Lipinski definition) is 7. The van der Waals surface area contributed by atoms with E-state index in [1.165, 1.54) is 0 Å². The molecule has 0 saturated heterocycles. The topological polar surface area (TPSA) is 70.4 Å². The highest BCUT2D eigenvalue weighted by molar-refractivity contribution is 6.31. The Labute approximate surface area is 215 Å². The first-order valence-corrected chi connectivity index (χ1v) is 12.8. The Morgan fingerprint density at radius 1 is 1.17 bits per heavy atom. The lowest BCUT2D eigenvalue weighted by molar-refractivity contribution is -0.151. The number of ether oxygens (including phenoxy) is 1. The lowest BCUT2D eigenvalue weighted by Crippen LogP contribution is -2.47. The van der Waals surface area contributed by atoms with Crippen molar-refractivity contribution in [3.63, 3.8) is 0 Å². The predicted molar refractivity (Wildman–Crippen MR) is 138 cm³/mol. The SMILES string of the molecule is CC(C)(C)OC(=O)C1=C2CC=C(Cl)C=C2N=CC2N1C=NN2C1CCC(c2cc(Cl)ccn2)CC1. The molecule has 0 radical (unpaired) electrons. The van der Waals surface area contributed by atoms with Crippen LogP contribution in [0, 0.1) is 0 Å². The zero-order valence-electron chi connectivity index (χ0n) is 20.1. The summed E-state index contributed by atoms with van der Waals surface area (Å²) in [4.78, 5) is 24.6. The van der Waals surface area contributed by atoms with Gasteiger partial charge in [-0.25, -0.2) is 4.79 Å². The molecule has 4 aliphatic rings. The summed E-state index contributed by atoms with van der Waals surface area (Å²) in [5.41, 5.74) is 2.39. The number of aliphatic imine (C=N–C) groups is 1. The van der Waals surface area contributed by atoms with Crippen LogP contribution in [0.15, 0.2) is 62.6 Å². The number of esters is 1. The second kappa shape index (κ2) is 9.43. The first-order chi connectivity index (χ1) is 16.7. The van der Waals surface area contributed by atoms with E-state index in [0.717, 1.165) is 42.0 Å². The van der Waals surface area contributed by atoms with E-state index < -0.39 is 5.60 Å². The second-order valence-corrected chi connectivity index (χ2v) is 11.1. The fourth-order valence-electron chi connectivity index (χ4n) is 5.07. The summed E-state index contributed by atoms with van der Waals surface area (Å²) in [6.07, 6.45) is 13.2. The fourth-order valence-corrected chi connectivity index (χ4v) is 5.42. The molecule has 0 aromatic carbocycles. The minimum atomic E-state index is -0.622. The lowest BCUT2D eigenvalue weighted by atomic mass is 9.83. The first kappa shape index (κ1) is 24.1. The molecular weight excluding hydrogens is 485 g/mol. The van der Waals surface area contributed by atoms with Crippen molar-refractivity contribution in [2.75, 3.05) is 0 Å². The zero-order chi connectivity index (χ0) is 24.7. The van der Waals surface area contributed by atoms with E-state index in [9.17, 15) is 4.79 Å². The highest BCUT2D eigenvalue weighted by Gasteiger charge is 2.41. The van der Waals surface area contributed by atoms with Gasteiger partial charge in [0.1, 0.15) is 17.6 Å². The standard InChI is InChI=1S/C26H29Cl2N5O2/c1-26(2,3)35-25(34)24-20-9-6-17(27)13-22(20)30-14-23-32(24)15-31-33(23)19-7-4-16(5-8-19)21-12-18(28)10-11-29-21/h6,10-16,19,23H,4-5,7-9H2,1-3H3. The molecule has 1 aromatic heterocycles. The van der Waals surface area contributed by atoms with Crippen molar-refractivity contribution >= 4 is 41.7 Å².